The molecule has 3 aromatic rings. The lowest BCUT2D eigenvalue weighted by atomic mass is 10.1. The Morgan fingerprint density at radius 3 is 2.09 bits per heavy atom. The van der Waals surface area contributed by atoms with Gasteiger partial charge in [0.1, 0.15) is 5.75 Å². The number of anilines is 2. The molecule has 3 rings (SSSR count). The summed E-state index contributed by atoms with van der Waals surface area (Å²) in [6.45, 7) is 3.88. The van der Waals surface area contributed by atoms with Gasteiger partial charge >= 0.3 is 0 Å². The average Bonchev–Trinajstić information content (AvgIpc) is 2.86. The molecule has 0 aliphatic carbocycles. The van der Waals surface area contributed by atoms with E-state index in [1.54, 1.807) is 7.11 Å². The lowest BCUT2D eigenvalue weighted by molar-refractivity contribution is 0.0547. The van der Waals surface area contributed by atoms with Crippen molar-refractivity contribution < 1.29 is 14.2 Å². The van der Waals surface area contributed by atoms with Crippen molar-refractivity contribution in [3.63, 3.8) is 0 Å². The molecule has 4 N–H and O–H groups in total. The monoisotopic (exact) mass is 452 g/mol. The van der Waals surface area contributed by atoms with Gasteiger partial charge in [-0.2, -0.15) is 15.0 Å². The molecular weight excluding hydrogens is 420 g/mol. The summed E-state index contributed by atoms with van der Waals surface area (Å²) in [5.74, 6) is 2.36. The van der Waals surface area contributed by atoms with Crippen molar-refractivity contribution in [2.75, 3.05) is 63.8 Å². The number of methoxy groups -OCH3 is 1. The van der Waals surface area contributed by atoms with Gasteiger partial charge in [0.05, 0.1) is 33.5 Å². The minimum absolute atomic E-state index is 0.487. The van der Waals surface area contributed by atoms with E-state index in [1.165, 1.54) is 5.56 Å². The molecule has 9 nitrogen and oxygen atoms in total. The maximum atomic E-state index is 5.56. The number of nitrogens with zero attached hydrogens (tertiary/aromatic N) is 3. The average molecular weight is 453 g/mol. The van der Waals surface area contributed by atoms with E-state index in [1.807, 2.05) is 42.5 Å². The van der Waals surface area contributed by atoms with Crippen molar-refractivity contribution in [2.45, 2.75) is 6.42 Å². The molecule has 2 aromatic carbocycles. The standard InChI is InChI=1S/C24H32N6O3/c1-31-21-9-7-20(8-10-21)22-28-23(26-13-11-19-5-3-2-4-6-19)30-24(29-22)27-14-16-33-18-17-32-15-12-25/h2-10H,11-18,25H2,1H3,(H2,26,27,28,29,30). The third-order valence-corrected chi connectivity index (χ3v) is 4.69. The topological polar surface area (TPSA) is 116 Å². The van der Waals surface area contributed by atoms with E-state index in [2.05, 4.69) is 37.7 Å². The van der Waals surface area contributed by atoms with Crippen molar-refractivity contribution in [3.05, 3.63) is 60.2 Å². The van der Waals surface area contributed by atoms with Gasteiger partial charge in [0.25, 0.3) is 0 Å². The third-order valence-electron chi connectivity index (χ3n) is 4.69. The predicted molar refractivity (Wildman–Crippen MR) is 130 cm³/mol. The number of ether oxygens (including phenoxy) is 3. The Bertz CT molecular complexity index is 941. The maximum absolute atomic E-state index is 5.56. The molecular formula is C24H32N6O3. The van der Waals surface area contributed by atoms with Crippen LogP contribution < -0.4 is 21.1 Å². The Balaban J connectivity index is 1.61. The smallest absolute Gasteiger partial charge is 0.228 e. The van der Waals surface area contributed by atoms with Crippen LogP contribution in [0.1, 0.15) is 5.56 Å². The van der Waals surface area contributed by atoms with E-state index < -0.39 is 0 Å². The fraction of sp³-hybridized carbons (Fsp3) is 0.375. The van der Waals surface area contributed by atoms with E-state index in [4.69, 9.17) is 19.9 Å². The zero-order valence-corrected chi connectivity index (χ0v) is 19.0. The number of nitrogens with two attached hydrogens (primary N) is 1. The minimum Gasteiger partial charge on any atom is -0.497 e. The van der Waals surface area contributed by atoms with Crippen molar-refractivity contribution in [3.8, 4) is 17.1 Å². The lowest BCUT2D eigenvalue weighted by Crippen LogP contribution is -2.17. The van der Waals surface area contributed by atoms with Crippen LogP contribution >= 0.6 is 0 Å². The van der Waals surface area contributed by atoms with Crippen LogP contribution in [0.4, 0.5) is 11.9 Å². The third kappa shape index (κ3) is 8.64. The fourth-order valence-corrected chi connectivity index (χ4v) is 3.01. The Morgan fingerprint density at radius 1 is 0.758 bits per heavy atom. The van der Waals surface area contributed by atoms with Gasteiger partial charge in [0.2, 0.25) is 11.9 Å². The molecule has 176 valence electrons. The first-order valence-corrected chi connectivity index (χ1v) is 11.1. The SMILES string of the molecule is COc1ccc(-c2nc(NCCOCCOCCN)nc(NCCc3ccccc3)n2)cc1. The van der Waals surface area contributed by atoms with Crippen molar-refractivity contribution >= 4 is 11.9 Å². The second kappa shape index (κ2) is 14.0. The van der Waals surface area contributed by atoms with E-state index in [-0.39, 0.29) is 0 Å². The maximum Gasteiger partial charge on any atom is 0.228 e. The number of hydrogen-bond acceptors (Lipinski definition) is 9. The second-order valence-electron chi connectivity index (χ2n) is 7.14. The van der Waals surface area contributed by atoms with Gasteiger partial charge in [-0.25, -0.2) is 0 Å². The normalized spacial score (nSPS) is 10.7. The summed E-state index contributed by atoms with van der Waals surface area (Å²) >= 11 is 0. The first-order valence-electron chi connectivity index (χ1n) is 11.1. The summed E-state index contributed by atoms with van der Waals surface area (Å²) in [7, 11) is 1.64. The summed E-state index contributed by atoms with van der Waals surface area (Å²) in [6, 6.07) is 17.9. The van der Waals surface area contributed by atoms with Crippen LogP contribution in [0.2, 0.25) is 0 Å². The highest BCUT2D eigenvalue weighted by Gasteiger charge is 2.09. The molecule has 1 heterocycles. The summed E-state index contributed by atoms with van der Waals surface area (Å²) in [4.78, 5) is 13.7. The van der Waals surface area contributed by atoms with Crippen LogP contribution in [-0.2, 0) is 15.9 Å². The zero-order chi connectivity index (χ0) is 23.1. The van der Waals surface area contributed by atoms with Gasteiger partial charge in [-0.3, -0.25) is 0 Å². The van der Waals surface area contributed by atoms with Gasteiger partial charge < -0.3 is 30.6 Å². The molecule has 0 radical (unpaired) electrons. The summed E-state index contributed by atoms with van der Waals surface area (Å²) < 4.78 is 16.1. The Kier molecular flexibility index (Phi) is 10.3. The molecule has 33 heavy (non-hydrogen) atoms. The van der Waals surface area contributed by atoms with E-state index in [0.29, 0.717) is 63.8 Å². The van der Waals surface area contributed by atoms with Crippen LogP contribution in [-0.4, -0.2) is 68.1 Å². The zero-order valence-electron chi connectivity index (χ0n) is 19.0. The van der Waals surface area contributed by atoms with Crippen LogP contribution in [0.15, 0.2) is 54.6 Å². The second-order valence-corrected chi connectivity index (χ2v) is 7.14. The first kappa shape index (κ1) is 24.4. The summed E-state index contributed by atoms with van der Waals surface area (Å²) in [5, 5.41) is 6.53. The molecule has 0 aliphatic heterocycles. The van der Waals surface area contributed by atoms with E-state index in [0.717, 1.165) is 17.7 Å². The van der Waals surface area contributed by atoms with E-state index >= 15 is 0 Å². The molecule has 0 saturated heterocycles. The molecule has 0 spiro atoms. The van der Waals surface area contributed by atoms with Crippen LogP contribution in [0.3, 0.4) is 0 Å². The first-order chi connectivity index (χ1) is 16.3. The highest BCUT2D eigenvalue weighted by Crippen LogP contribution is 2.21. The molecule has 0 bridgehead atoms. The van der Waals surface area contributed by atoms with Gasteiger partial charge in [-0.15, -0.1) is 0 Å². The molecule has 0 fully saturated rings. The van der Waals surface area contributed by atoms with Crippen LogP contribution in [0.5, 0.6) is 5.75 Å². The van der Waals surface area contributed by atoms with Crippen molar-refractivity contribution in [1.82, 2.24) is 15.0 Å². The van der Waals surface area contributed by atoms with Crippen LogP contribution in [0.25, 0.3) is 11.4 Å². The van der Waals surface area contributed by atoms with Gasteiger partial charge in [0, 0.05) is 25.2 Å². The van der Waals surface area contributed by atoms with Crippen LogP contribution in [0, 0.1) is 0 Å². The predicted octanol–water partition coefficient (Wildman–Crippen LogP) is 2.61. The Labute approximate surface area is 194 Å². The Morgan fingerprint density at radius 2 is 1.42 bits per heavy atom. The lowest BCUT2D eigenvalue weighted by Gasteiger charge is -2.11. The quantitative estimate of drug-likeness (QED) is 0.299. The Hall–Kier alpha value is -3.27. The van der Waals surface area contributed by atoms with E-state index in [9.17, 15) is 0 Å². The van der Waals surface area contributed by atoms with Gasteiger partial charge in [-0.05, 0) is 36.2 Å². The number of aromatic nitrogens is 3. The molecule has 0 saturated carbocycles. The van der Waals surface area contributed by atoms with Crippen molar-refractivity contribution in [1.29, 1.82) is 0 Å². The molecule has 1 aromatic heterocycles. The summed E-state index contributed by atoms with van der Waals surface area (Å²) in [5.41, 5.74) is 7.52. The highest BCUT2D eigenvalue weighted by atomic mass is 16.5. The van der Waals surface area contributed by atoms with Gasteiger partial charge in [-0.1, -0.05) is 30.3 Å². The molecule has 0 amide bonds. The number of benzene rings is 2. The largest absolute Gasteiger partial charge is 0.497 e. The number of rotatable bonds is 15. The number of nitrogens with one attached hydrogen (secondary N) is 2. The van der Waals surface area contributed by atoms with Crippen molar-refractivity contribution in [2.24, 2.45) is 5.73 Å². The molecule has 9 heteroatoms. The molecule has 0 unspecified atom stereocenters. The van der Waals surface area contributed by atoms with Gasteiger partial charge in [0.15, 0.2) is 5.82 Å². The molecule has 0 aliphatic rings. The number of hydrogen-bond donors (Lipinski definition) is 3. The fourth-order valence-electron chi connectivity index (χ4n) is 3.01. The summed E-state index contributed by atoms with van der Waals surface area (Å²) in [6.07, 6.45) is 0.868. The minimum atomic E-state index is 0.487. The molecule has 0 atom stereocenters. The highest BCUT2D eigenvalue weighted by molar-refractivity contribution is 5.59.